The molecular formula is C9H13NO3S. The molecule has 0 bridgehead atoms. The number of nitrogens with two attached hydrogens (primary N) is 1. The Bertz CT molecular complexity index is 324. The Labute approximate surface area is 86.0 Å². The lowest BCUT2D eigenvalue weighted by Gasteiger charge is -2.16. The smallest absolute Gasteiger partial charge is 0.220 e. The molecule has 4 nitrogen and oxygen atoms in total. The fraction of sp³-hybridized carbons (Fsp3) is 0.444. The largest absolute Gasteiger partial charge is 0.390 e. The van der Waals surface area contributed by atoms with Crippen LogP contribution in [-0.4, -0.2) is 22.2 Å². The van der Waals surface area contributed by atoms with E-state index in [2.05, 4.69) is 0 Å². The number of primary amides is 1. The lowest BCUT2D eigenvalue weighted by molar-refractivity contribution is -0.121. The van der Waals surface area contributed by atoms with Gasteiger partial charge in [-0.05, 0) is 28.8 Å². The molecule has 1 heterocycles. The summed E-state index contributed by atoms with van der Waals surface area (Å²) in [6.07, 6.45) is -2.38. The van der Waals surface area contributed by atoms with E-state index in [1.54, 1.807) is 5.38 Å². The molecule has 0 aliphatic heterocycles. The summed E-state index contributed by atoms with van der Waals surface area (Å²) in [5.41, 5.74) is 6.48. The molecular weight excluding hydrogens is 202 g/mol. The van der Waals surface area contributed by atoms with Crippen LogP contribution < -0.4 is 5.73 Å². The summed E-state index contributed by atoms with van der Waals surface area (Å²) in [7, 11) is 0. The van der Waals surface area contributed by atoms with Crippen molar-refractivity contribution in [1.29, 1.82) is 0 Å². The van der Waals surface area contributed by atoms with Crippen LogP contribution in [0.2, 0.25) is 0 Å². The quantitative estimate of drug-likeness (QED) is 0.676. The van der Waals surface area contributed by atoms with Gasteiger partial charge < -0.3 is 15.9 Å². The third-order valence-electron chi connectivity index (χ3n) is 1.99. The highest BCUT2D eigenvalue weighted by Crippen LogP contribution is 2.25. The normalized spacial score (nSPS) is 15.1. The Morgan fingerprint density at radius 3 is 2.64 bits per heavy atom. The lowest BCUT2D eigenvalue weighted by atomic mass is 10.0. The summed E-state index contributed by atoms with van der Waals surface area (Å²) in [4.78, 5) is 10.5. The van der Waals surface area contributed by atoms with E-state index >= 15 is 0 Å². The highest BCUT2D eigenvalue weighted by Gasteiger charge is 2.21. The first-order chi connectivity index (χ1) is 6.52. The van der Waals surface area contributed by atoms with E-state index in [1.165, 1.54) is 11.3 Å². The van der Waals surface area contributed by atoms with E-state index in [-0.39, 0.29) is 6.42 Å². The second kappa shape index (κ2) is 4.54. The predicted octanol–water partition coefficient (Wildman–Crippen LogP) is 0.326. The van der Waals surface area contributed by atoms with Crippen molar-refractivity contribution in [2.24, 2.45) is 5.73 Å². The van der Waals surface area contributed by atoms with Gasteiger partial charge in [-0.1, -0.05) is 0 Å². The Morgan fingerprint density at radius 2 is 2.21 bits per heavy atom. The number of hydrogen-bond acceptors (Lipinski definition) is 4. The summed E-state index contributed by atoms with van der Waals surface area (Å²) < 4.78 is 0. The van der Waals surface area contributed by atoms with Crippen LogP contribution in [0.15, 0.2) is 10.8 Å². The molecule has 2 unspecified atom stereocenters. The lowest BCUT2D eigenvalue weighted by Crippen LogP contribution is -2.25. The molecule has 1 amide bonds. The van der Waals surface area contributed by atoms with Gasteiger partial charge in [0.15, 0.2) is 0 Å². The molecule has 0 saturated heterocycles. The first-order valence-corrected chi connectivity index (χ1v) is 5.13. The third-order valence-corrected chi connectivity index (χ3v) is 2.87. The van der Waals surface area contributed by atoms with Crippen LogP contribution in [0.3, 0.4) is 0 Å². The summed E-state index contributed by atoms with van der Waals surface area (Å²) in [6, 6.07) is 0. The van der Waals surface area contributed by atoms with Gasteiger partial charge in [-0.15, -0.1) is 0 Å². The van der Waals surface area contributed by atoms with E-state index in [0.29, 0.717) is 5.56 Å². The monoisotopic (exact) mass is 215 g/mol. The van der Waals surface area contributed by atoms with Crippen LogP contribution in [0.4, 0.5) is 0 Å². The Balaban J connectivity index is 2.70. The van der Waals surface area contributed by atoms with Crippen LogP contribution in [0, 0.1) is 6.92 Å². The molecule has 5 heteroatoms. The van der Waals surface area contributed by atoms with Gasteiger partial charge in [0.05, 0.1) is 12.5 Å². The molecule has 4 N–H and O–H groups in total. The van der Waals surface area contributed by atoms with E-state index in [1.807, 2.05) is 12.3 Å². The molecule has 2 atom stereocenters. The Morgan fingerprint density at radius 1 is 1.57 bits per heavy atom. The highest BCUT2D eigenvalue weighted by atomic mass is 32.1. The summed E-state index contributed by atoms with van der Waals surface area (Å²) in [5.74, 6) is -0.621. The number of aliphatic hydroxyl groups excluding tert-OH is 2. The first kappa shape index (κ1) is 11.2. The second-order valence-corrected chi connectivity index (χ2v) is 3.94. The average molecular weight is 215 g/mol. The molecule has 78 valence electrons. The molecule has 0 saturated carbocycles. The van der Waals surface area contributed by atoms with Crippen molar-refractivity contribution in [3.63, 3.8) is 0 Å². The minimum absolute atomic E-state index is 0.226. The Hall–Kier alpha value is -0.910. The minimum Gasteiger partial charge on any atom is -0.390 e. The summed E-state index contributed by atoms with van der Waals surface area (Å²) >= 11 is 1.44. The van der Waals surface area contributed by atoms with Crippen LogP contribution in [-0.2, 0) is 4.79 Å². The topological polar surface area (TPSA) is 83.6 Å². The average Bonchev–Trinajstić information content (AvgIpc) is 2.48. The molecule has 1 rings (SSSR count). The van der Waals surface area contributed by atoms with E-state index in [0.717, 1.165) is 5.56 Å². The molecule has 0 aliphatic rings. The number of carbonyl (C=O) groups is 1. The molecule has 0 spiro atoms. The standard InChI is InChI=1S/C9H13NO3S/c1-5-3-14-4-6(5)9(13)7(11)2-8(10)12/h3-4,7,9,11,13H,2H2,1H3,(H2,10,12). The number of thiophene rings is 1. The zero-order chi connectivity index (χ0) is 10.7. The number of amides is 1. The number of carbonyl (C=O) groups excluding carboxylic acids is 1. The number of hydrogen-bond donors (Lipinski definition) is 3. The van der Waals surface area contributed by atoms with E-state index in [9.17, 15) is 15.0 Å². The maximum Gasteiger partial charge on any atom is 0.220 e. The molecule has 14 heavy (non-hydrogen) atoms. The van der Waals surface area contributed by atoms with Crippen molar-refractivity contribution in [2.45, 2.75) is 25.6 Å². The fourth-order valence-corrected chi connectivity index (χ4v) is 2.08. The van der Waals surface area contributed by atoms with Gasteiger partial charge in [-0.2, -0.15) is 11.3 Å². The van der Waals surface area contributed by atoms with Crippen LogP contribution in [0.5, 0.6) is 0 Å². The maximum atomic E-state index is 10.5. The van der Waals surface area contributed by atoms with Crippen LogP contribution in [0.1, 0.15) is 23.7 Å². The van der Waals surface area contributed by atoms with Crippen molar-refractivity contribution >= 4 is 17.2 Å². The third kappa shape index (κ3) is 2.54. The number of rotatable bonds is 4. The fourth-order valence-electron chi connectivity index (χ4n) is 1.20. The van der Waals surface area contributed by atoms with Crippen molar-refractivity contribution in [2.75, 3.05) is 0 Å². The Kier molecular flexibility index (Phi) is 3.62. The maximum absolute atomic E-state index is 10.5. The second-order valence-electron chi connectivity index (χ2n) is 3.19. The summed E-state index contributed by atoms with van der Waals surface area (Å²) in [5, 5.41) is 22.7. The molecule has 0 fully saturated rings. The van der Waals surface area contributed by atoms with Crippen LogP contribution in [0.25, 0.3) is 0 Å². The highest BCUT2D eigenvalue weighted by molar-refractivity contribution is 7.08. The predicted molar refractivity (Wildman–Crippen MR) is 53.8 cm³/mol. The van der Waals surface area contributed by atoms with Crippen molar-refractivity contribution in [3.8, 4) is 0 Å². The van der Waals surface area contributed by atoms with Gasteiger partial charge in [0.25, 0.3) is 0 Å². The molecule has 1 aromatic heterocycles. The number of aliphatic hydroxyl groups is 2. The van der Waals surface area contributed by atoms with Crippen LogP contribution >= 0.6 is 11.3 Å². The van der Waals surface area contributed by atoms with Gasteiger partial charge in [0.2, 0.25) is 5.91 Å². The minimum atomic E-state index is -1.12. The van der Waals surface area contributed by atoms with Gasteiger partial charge in [-0.3, -0.25) is 4.79 Å². The van der Waals surface area contributed by atoms with Crippen molar-refractivity contribution in [3.05, 3.63) is 21.9 Å². The van der Waals surface area contributed by atoms with Gasteiger partial charge in [0.1, 0.15) is 6.10 Å². The molecule has 0 aromatic carbocycles. The zero-order valence-electron chi connectivity index (χ0n) is 7.80. The molecule has 1 aromatic rings. The SMILES string of the molecule is Cc1cscc1C(O)C(O)CC(N)=O. The molecule has 0 aliphatic carbocycles. The summed E-state index contributed by atoms with van der Waals surface area (Å²) in [6.45, 7) is 1.84. The van der Waals surface area contributed by atoms with Gasteiger partial charge in [-0.25, -0.2) is 0 Å². The van der Waals surface area contributed by atoms with E-state index < -0.39 is 18.1 Å². The van der Waals surface area contributed by atoms with E-state index in [4.69, 9.17) is 5.73 Å². The van der Waals surface area contributed by atoms with Gasteiger partial charge >= 0.3 is 0 Å². The zero-order valence-corrected chi connectivity index (χ0v) is 8.62. The number of aryl methyl sites for hydroxylation is 1. The first-order valence-electron chi connectivity index (χ1n) is 4.19. The van der Waals surface area contributed by atoms with Crippen molar-refractivity contribution in [1.82, 2.24) is 0 Å². The van der Waals surface area contributed by atoms with Crippen molar-refractivity contribution < 1.29 is 15.0 Å². The van der Waals surface area contributed by atoms with Gasteiger partial charge in [0, 0.05) is 0 Å². The molecule has 0 radical (unpaired) electrons.